The molecule has 0 aliphatic heterocycles. The number of para-hydroxylation sites is 1. The van der Waals surface area contributed by atoms with Crippen LogP contribution < -0.4 is 4.90 Å². The van der Waals surface area contributed by atoms with Gasteiger partial charge in [-0.3, -0.25) is 0 Å². The Hall–Kier alpha value is -8.20. The van der Waals surface area contributed by atoms with Gasteiger partial charge in [0.05, 0.1) is 0 Å². The van der Waals surface area contributed by atoms with Crippen molar-refractivity contribution in [1.29, 1.82) is 0 Å². The van der Waals surface area contributed by atoms with E-state index in [9.17, 15) is 0 Å². The van der Waals surface area contributed by atoms with Crippen LogP contribution in [0.1, 0.15) is 0 Å². The van der Waals surface area contributed by atoms with E-state index in [1.807, 2.05) is 12.1 Å². The molecular formula is C60H39NO. The summed E-state index contributed by atoms with van der Waals surface area (Å²) in [6.45, 7) is 0. The van der Waals surface area contributed by atoms with E-state index < -0.39 is 0 Å². The molecule has 62 heavy (non-hydrogen) atoms. The third kappa shape index (κ3) is 6.20. The van der Waals surface area contributed by atoms with Crippen LogP contribution in [-0.4, -0.2) is 0 Å². The van der Waals surface area contributed by atoms with Crippen LogP contribution in [0.2, 0.25) is 0 Å². The van der Waals surface area contributed by atoms with E-state index in [4.69, 9.17) is 4.42 Å². The Labute approximate surface area is 360 Å². The average molecular weight is 790 g/mol. The van der Waals surface area contributed by atoms with Crippen LogP contribution in [0.25, 0.3) is 98.8 Å². The van der Waals surface area contributed by atoms with Crippen molar-refractivity contribution in [2.75, 3.05) is 4.90 Å². The molecule has 2 heteroatoms. The Bertz CT molecular complexity index is 3630. The Balaban J connectivity index is 0.950. The zero-order valence-corrected chi connectivity index (χ0v) is 33.9. The van der Waals surface area contributed by atoms with Gasteiger partial charge in [-0.25, -0.2) is 0 Å². The van der Waals surface area contributed by atoms with Crippen molar-refractivity contribution in [3.05, 3.63) is 237 Å². The first-order valence-corrected chi connectivity index (χ1v) is 21.2. The number of nitrogens with zero attached hydrogens (tertiary/aromatic N) is 1. The number of rotatable bonds is 7. The molecule has 0 amide bonds. The van der Waals surface area contributed by atoms with Crippen LogP contribution in [0.3, 0.4) is 0 Å². The molecule has 1 heterocycles. The smallest absolute Gasteiger partial charge is 0.136 e. The fourth-order valence-electron chi connectivity index (χ4n) is 9.41. The maximum Gasteiger partial charge on any atom is 0.136 e. The number of hydrogen-bond acceptors (Lipinski definition) is 2. The second kappa shape index (κ2) is 14.8. The van der Waals surface area contributed by atoms with Crippen LogP contribution in [0.4, 0.5) is 17.1 Å². The molecule has 12 rings (SSSR count). The highest BCUT2D eigenvalue weighted by atomic mass is 16.3. The number of benzene rings is 11. The van der Waals surface area contributed by atoms with Gasteiger partial charge < -0.3 is 9.32 Å². The SMILES string of the molecule is c1cc(-c2ccc(-c3cccc4c3ccc3ccccc34)cc2)cc(N(c2ccc(-c3ccc4ccccc4c3)cc2)c2cccc(-c3cccc4oc5ccccc5c34)c2)c1. The predicted molar refractivity (Wildman–Crippen MR) is 263 cm³/mol. The Morgan fingerprint density at radius 2 is 0.806 bits per heavy atom. The van der Waals surface area contributed by atoms with E-state index in [1.165, 1.54) is 60.1 Å². The lowest BCUT2D eigenvalue weighted by Crippen LogP contribution is -2.10. The molecule has 0 radical (unpaired) electrons. The van der Waals surface area contributed by atoms with Gasteiger partial charge in [0.1, 0.15) is 11.2 Å². The van der Waals surface area contributed by atoms with E-state index in [1.54, 1.807) is 0 Å². The highest BCUT2D eigenvalue weighted by molar-refractivity contribution is 6.13. The maximum atomic E-state index is 6.31. The van der Waals surface area contributed by atoms with E-state index in [0.717, 1.165) is 55.7 Å². The molecule has 11 aromatic carbocycles. The highest BCUT2D eigenvalue weighted by Gasteiger charge is 2.18. The minimum Gasteiger partial charge on any atom is -0.456 e. The highest BCUT2D eigenvalue weighted by Crippen LogP contribution is 2.42. The lowest BCUT2D eigenvalue weighted by molar-refractivity contribution is 0.669. The van der Waals surface area contributed by atoms with Gasteiger partial charge in [-0.15, -0.1) is 0 Å². The Kier molecular flexibility index (Phi) is 8.53. The molecule has 290 valence electrons. The Morgan fingerprint density at radius 3 is 1.63 bits per heavy atom. The minimum atomic E-state index is 0.892. The molecule has 12 aromatic rings. The number of hydrogen-bond donors (Lipinski definition) is 0. The van der Waals surface area contributed by atoms with Crippen molar-refractivity contribution in [2.45, 2.75) is 0 Å². The molecule has 1 aromatic heterocycles. The first-order valence-electron chi connectivity index (χ1n) is 21.2. The van der Waals surface area contributed by atoms with E-state index >= 15 is 0 Å². The zero-order chi connectivity index (χ0) is 41.0. The van der Waals surface area contributed by atoms with Crippen LogP contribution in [0, 0.1) is 0 Å². The third-order valence-electron chi connectivity index (χ3n) is 12.4. The second-order valence-electron chi connectivity index (χ2n) is 16.1. The first kappa shape index (κ1) is 35.7. The Morgan fingerprint density at radius 1 is 0.258 bits per heavy atom. The fraction of sp³-hybridized carbons (Fsp3) is 0. The van der Waals surface area contributed by atoms with Crippen molar-refractivity contribution in [2.24, 2.45) is 0 Å². The molecule has 2 nitrogen and oxygen atoms in total. The summed E-state index contributed by atoms with van der Waals surface area (Å²) in [6.07, 6.45) is 0. The molecule has 0 unspecified atom stereocenters. The molecule has 0 fully saturated rings. The summed E-state index contributed by atoms with van der Waals surface area (Å²) < 4.78 is 6.31. The summed E-state index contributed by atoms with van der Waals surface area (Å²) in [7, 11) is 0. The van der Waals surface area contributed by atoms with Crippen molar-refractivity contribution in [3.63, 3.8) is 0 Å². The van der Waals surface area contributed by atoms with Crippen LogP contribution in [-0.2, 0) is 0 Å². The average Bonchev–Trinajstić information content (AvgIpc) is 3.73. The normalized spacial score (nSPS) is 11.5. The quantitative estimate of drug-likeness (QED) is 0.150. The van der Waals surface area contributed by atoms with Crippen molar-refractivity contribution >= 4 is 71.3 Å². The lowest BCUT2D eigenvalue weighted by Gasteiger charge is -2.27. The first-order chi connectivity index (χ1) is 30.7. The van der Waals surface area contributed by atoms with Gasteiger partial charge in [-0.05, 0) is 131 Å². The van der Waals surface area contributed by atoms with E-state index in [2.05, 4.69) is 229 Å². The van der Waals surface area contributed by atoms with Crippen LogP contribution in [0.5, 0.6) is 0 Å². The fourth-order valence-corrected chi connectivity index (χ4v) is 9.41. The number of anilines is 3. The van der Waals surface area contributed by atoms with Gasteiger partial charge >= 0.3 is 0 Å². The molecule has 0 saturated carbocycles. The van der Waals surface area contributed by atoms with Gasteiger partial charge in [-0.2, -0.15) is 0 Å². The van der Waals surface area contributed by atoms with Gasteiger partial charge in [0.2, 0.25) is 0 Å². The molecule has 0 spiro atoms. The largest absolute Gasteiger partial charge is 0.456 e. The summed E-state index contributed by atoms with van der Waals surface area (Å²) in [5.41, 5.74) is 14.4. The zero-order valence-electron chi connectivity index (χ0n) is 33.9. The molecule has 0 N–H and O–H groups in total. The molecule has 0 atom stereocenters. The summed E-state index contributed by atoms with van der Waals surface area (Å²) in [5, 5.41) is 9.83. The van der Waals surface area contributed by atoms with Gasteiger partial charge in [0.15, 0.2) is 0 Å². The number of furan rings is 1. The number of fused-ring (bicyclic) bond motifs is 7. The molecule has 0 saturated heterocycles. The second-order valence-corrected chi connectivity index (χ2v) is 16.1. The summed E-state index contributed by atoms with van der Waals surface area (Å²) in [5.74, 6) is 0. The van der Waals surface area contributed by atoms with Crippen molar-refractivity contribution in [1.82, 2.24) is 0 Å². The van der Waals surface area contributed by atoms with Crippen molar-refractivity contribution in [3.8, 4) is 44.5 Å². The minimum absolute atomic E-state index is 0.892. The van der Waals surface area contributed by atoms with Crippen LogP contribution in [0.15, 0.2) is 241 Å². The maximum absolute atomic E-state index is 6.31. The summed E-state index contributed by atoms with van der Waals surface area (Å²) in [4.78, 5) is 2.37. The van der Waals surface area contributed by atoms with E-state index in [-0.39, 0.29) is 0 Å². The molecule has 0 bridgehead atoms. The molecule has 0 aliphatic rings. The van der Waals surface area contributed by atoms with Crippen molar-refractivity contribution < 1.29 is 4.42 Å². The topological polar surface area (TPSA) is 16.4 Å². The third-order valence-corrected chi connectivity index (χ3v) is 12.4. The van der Waals surface area contributed by atoms with Gasteiger partial charge in [0, 0.05) is 27.8 Å². The molecular weight excluding hydrogens is 751 g/mol. The summed E-state index contributed by atoms with van der Waals surface area (Å²) >= 11 is 0. The standard InChI is InChI=1S/C60H39NO/c1-2-13-45-37-47(30-27-40(45)11-1)42-31-34-49(35-32-42)61(51-17-8-15-48(39-51)54-21-10-24-59-60(54)57-19-5-6-23-58(57)62-59)50-16-7-14-46(38-50)41-25-28-44(29-26-41)53-20-9-22-55-52-18-4-3-12-43(52)33-36-56(53)55/h1-39H. The van der Waals surface area contributed by atoms with Gasteiger partial charge in [-0.1, -0.05) is 182 Å². The van der Waals surface area contributed by atoms with Gasteiger partial charge in [0.25, 0.3) is 0 Å². The monoisotopic (exact) mass is 789 g/mol. The predicted octanol–water partition coefficient (Wildman–Crippen LogP) is 17.2. The summed E-state index contributed by atoms with van der Waals surface area (Å²) in [6, 6.07) is 85.5. The van der Waals surface area contributed by atoms with E-state index in [0.29, 0.717) is 0 Å². The van der Waals surface area contributed by atoms with Crippen LogP contribution >= 0.6 is 0 Å². The molecule has 0 aliphatic carbocycles. The lowest BCUT2D eigenvalue weighted by atomic mass is 9.93.